The van der Waals surface area contributed by atoms with Gasteiger partial charge in [0.05, 0.1) is 25.5 Å². The molecule has 114 valence electrons. The Balaban J connectivity index is 4.69. The maximum Gasteiger partial charge on any atom is 0.334 e. The second-order valence-electron chi connectivity index (χ2n) is 3.81. The molecule has 0 fully saturated rings. The summed E-state index contributed by atoms with van der Waals surface area (Å²) in [5.74, 6) is 0. The first-order valence-electron chi connectivity index (χ1n) is 6.09. The van der Waals surface area contributed by atoms with Crippen LogP contribution in [0.5, 0.6) is 0 Å². The first-order chi connectivity index (χ1) is 8.84. The second-order valence-corrected chi connectivity index (χ2v) is 8.19. The summed E-state index contributed by atoms with van der Waals surface area (Å²) in [5.41, 5.74) is 0.763. The van der Waals surface area contributed by atoms with E-state index in [4.69, 9.17) is 18.1 Å². The third kappa shape index (κ3) is 7.40. The summed E-state index contributed by atoms with van der Waals surface area (Å²) < 4.78 is 44.1. The van der Waals surface area contributed by atoms with E-state index in [-0.39, 0.29) is 12.3 Å². The molecule has 0 saturated carbocycles. The molecule has 0 heterocycles. The molecule has 0 rings (SSSR count). The second kappa shape index (κ2) is 9.06. The molecule has 0 N–H and O–H groups in total. The van der Waals surface area contributed by atoms with E-state index in [9.17, 15) is 9.13 Å². The summed E-state index contributed by atoms with van der Waals surface area (Å²) in [6, 6.07) is 0. The summed E-state index contributed by atoms with van der Waals surface area (Å²) >= 11 is 0. The van der Waals surface area contributed by atoms with Crippen LogP contribution >= 0.6 is 15.2 Å². The summed E-state index contributed by atoms with van der Waals surface area (Å²) in [7, 11) is -3.53. The highest BCUT2D eigenvalue weighted by molar-refractivity contribution is 7.54. The molecular weight excluding hydrogens is 290 g/mol. The molecule has 0 bridgehead atoms. The van der Waals surface area contributed by atoms with E-state index in [1.54, 1.807) is 26.8 Å². The highest BCUT2D eigenvalue weighted by atomic mass is 31.2. The Morgan fingerprint density at radius 3 is 1.84 bits per heavy atom. The summed E-state index contributed by atoms with van der Waals surface area (Å²) in [4.78, 5) is 0. The summed E-state index contributed by atoms with van der Waals surface area (Å²) in [6.07, 6.45) is 1.98. The van der Waals surface area contributed by atoms with Crippen LogP contribution in [0.2, 0.25) is 0 Å². The van der Waals surface area contributed by atoms with Crippen LogP contribution in [0.4, 0.5) is 0 Å². The quantitative estimate of drug-likeness (QED) is 0.452. The van der Waals surface area contributed by atoms with Crippen molar-refractivity contribution in [1.29, 1.82) is 0 Å². The number of hydrogen-bond acceptors (Lipinski definition) is 6. The van der Waals surface area contributed by atoms with Gasteiger partial charge in [0, 0.05) is 14.2 Å². The molecular formula is C11H24O6P2. The molecule has 0 atom stereocenters. The molecule has 0 aromatic carbocycles. The smallest absolute Gasteiger partial charge is 0.312 e. The van der Waals surface area contributed by atoms with E-state index in [1.165, 1.54) is 14.2 Å². The SMILES string of the molecule is CCOP(=O)(C/C(C)=C/CP(=O)(OC)OC)OCC. The van der Waals surface area contributed by atoms with Crippen molar-refractivity contribution < 1.29 is 27.2 Å². The van der Waals surface area contributed by atoms with Gasteiger partial charge in [0.15, 0.2) is 0 Å². The van der Waals surface area contributed by atoms with Crippen LogP contribution in [0.15, 0.2) is 11.6 Å². The van der Waals surface area contributed by atoms with Crippen molar-refractivity contribution in [1.82, 2.24) is 0 Å². The van der Waals surface area contributed by atoms with Crippen molar-refractivity contribution in [2.45, 2.75) is 20.8 Å². The van der Waals surface area contributed by atoms with E-state index < -0.39 is 15.2 Å². The molecule has 0 spiro atoms. The largest absolute Gasteiger partial charge is 0.334 e. The van der Waals surface area contributed by atoms with Crippen molar-refractivity contribution >= 4 is 15.2 Å². The Kier molecular flexibility index (Phi) is 9.08. The molecule has 0 radical (unpaired) electrons. The van der Waals surface area contributed by atoms with Crippen LogP contribution in [0.1, 0.15) is 20.8 Å². The zero-order valence-corrected chi connectivity index (χ0v) is 14.0. The zero-order chi connectivity index (χ0) is 14.9. The third-order valence-corrected chi connectivity index (χ3v) is 6.25. The Morgan fingerprint density at radius 1 is 1.00 bits per heavy atom. The van der Waals surface area contributed by atoms with E-state index in [0.717, 1.165) is 5.57 Å². The number of rotatable bonds is 10. The molecule has 0 saturated heterocycles. The van der Waals surface area contributed by atoms with Crippen molar-refractivity contribution in [2.24, 2.45) is 0 Å². The van der Waals surface area contributed by atoms with Crippen LogP contribution in [0.3, 0.4) is 0 Å². The number of hydrogen-bond donors (Lipinski definition) is 0. The standard InChI is InChI=1S/C11H24O6P2/c1-6-16-19(13,17-7-2)10-11(3)8-9-18(12,14-4)15-5/h8H,6-7,9-10H2,1-5H3/b11-8+. The first-order valence-corrected chi connectivity index (χ1v) is 9.54. The fourth-order valence-corrected chi connectivity index (χ4v) is 4.15. The van der Waals surface area contributed by atoms with Gasteiger partial charge >= 0.3 is 15.2 Å². The Labute approximate surface area is 115 Å². The normalized spacial score (nSPS) is 13.8. The molecule has 0 aliphatic carbocycles. The molecule has 8 heteroatoms. The minimum Gasteiger partial charge on any atom is -0.312 e. The average molecular weight is 314 g/mol. The predicted molar refractivity (Wildman–Crippen MR) is 76.0 cm³/mol. The van der Waals surface area contributed by atoms with Gasteiger partial charge in [-0.15, -0.1) is 0 Å². The van der Waals surface area contributed by atoms with Crippen LogP contribution in [0.25, 0.3) is 0 Å². The molecule has 0 aromatic heterocycles. The highest BCUT2D eigenvalue weighted by Gasteiger charge is 2.25. The van der Waals surface area contributed by atoms with Crippen LogP contribution in [-0.2, 0) is 27.2 Å². The van der Waals surface area contributed by atoms with Gasteiger partial charge in [-0.1, -0.05) is 11.6 Å². The highest BCUT2D eigenvalue weighted by Crippen LogP contribution is 2.50. The summed E-state index contributed by atoms with van der Waals surface area (Å²) in [6.45, 7) is 5.93. The van der Waals surface area contributed by atoms with Gasteiger partial charge in [-0.25, -0.2) is 0 Å². The lowest BCUT2D eigenvalue weighted by Crippen LogP contribution is -2.02. The van der Waals surface area contributed by atoms with Crippen molar-refractivity contribution in [3.05, 3.63) is 11.6 Å². The molecule has 0 unspecified atom stereocenters. The number of allylic oxidation sites excluding steroid dienone is 2. The van der Waals surface area contributed by atoms with E-state index in [1.807, 2.05) is 0 Å². The lowest BCUT2D eigenvalue weighted by molar-refractivity contribution is 0.222. The topological polar surface area (TPSA) is 71.1 Å². The van der Waals surface area contributed by atoms with Crippen molar-refractivity contribution in [3.8, 4) is 0 Å². The molecule has 0 aliphatic rings. The third-order valence-electron chi connectivity index (χ3n) is 2.31. The van der Waals surface area contributed by atoms with Gasteiger partial charge in [0.2, 0.25) is 0 Å². The van der Waals surface area contributed by atoms with Gasteiger partial charge in [0.25, 0.3) is 0 Å². The van der Waals surface area contributed by atoms with E-state index in [2.05, 4.69) is 0 Å². The average Bonchev–Trinajstić information content (AvgIpc) is 2.36. The van der Waals surface area contributed by atoms with Gasteiger partial charge in [-0.05, 0) is 20.8 Å². The molecule has 6 nitrogen and oxygen atoms in total. The maximum atomic E-state index is 12.3. The van der Waals surface area contributed by atoms with Crippen LogP contribution < -0.4 is 0 Å². The van der Waals surface area contributed by atoms with Gasteiger partial charge < -0.3 is 18.1 Å². The van der Waals surface area contributed by atoms with Gasteiger partial charge in [0.1, 0.15) is 0 Å². The van der Waals surface area contributed by atoms with E-state index in [0.29, 0.717) is 13.2 Å². The maximum absolute atomic E-state index is 12.3. The molecule has 19 heavy (non-hydrogen) atoms. The predicted octanol–water partition coefficient (Wildman–Crippen LogP) is 3.68. The van der Waals surface area contributed by atoms with Gasteiger partial charge in [-0.3, -0.25) is 9.13 Å². The minimum absolute atomic E-state index is 0.129. The first kappa shape index (κ1) is 19.0. The Bertz CT molecular complexity index is 361. The molecule has 0 amide bonds. The fraction of sp³-hybridized carbons (Fsp3) is 0.818. The molecule has 0 aliphatic heterocycles. The fourth-order valence-electron chi connectivity index (χ4n) is 1.38. The van der Waals surface area contributed by atoms with Crippen LogP contribution in [-0.4, -0.2) is 39.8 Å². The Hall–Kier alpha value is 0.0400. The lowest BCUT2D eigenvalue weighted by Gasteiger charge is -2.17. The van der Waals surface area contributed by atoms with Gasteiger partial charge in [-0.2, -0.15) is 0 Å². The van der Waals surface area contributed by atoms with Crippen molar-refractivity contribution in [2.75, 3.05) is 39.8 Å². The lowest BCUT2D eigenvalue weighted by atomic mass is 10.3. The van der Waals surface area contributed by atoms with Crippen molar-refractivity contribution in [3.63, 3.8) is 0 Å². The van der Waals surface area contributed by atoms with E-state index >= 15 is 0 Å². The minimum atomic E-state index is -3.11. The monoisotopic (exact) mass is 314 g/mol. The Morgan fingerprint density at radius 2 is 1.47 bits per heavy atom. The zero-order valence-electron chi connectivity index (χ0n) is 12.2. The van der Waals surface area contributed by atoms with Crippen LogP contribution in [0, 0.1) is 0 Å². The summed E-state index contributed by atoms with van der Waals surface area (Å²) in [5, 5.41) is 0. The molecule has 0 aromatic rings.